The fraction of sp³-hybridized carbons (Fsp3) is 0. The molecule has 0 fully saturated rings. The summed E-state index contributed by atoms with van der Waals surface area (Å²) >= 11 is 13.1. The SMILES string of the molecule is Nc1c(/N=N/c2ccc(-c3ccc(/N=N/c4c(N)c(S(=O)(=O)O)c5ccccc5c4N)c(Cl)c3)cc2Cl)c(N)c2ccccc2c1S(=O)(=O)O. The minimum atomic E-state index is -4.74. The maximum absolute atomic E-state index is 12.2. The highest BCUT2D eigenvalue weighted by atomic mass is 35.5. The molecule has 0 spiro atoms. The number of hydrogen-bond acceptors (Lipinski definition) is 12. The molecule has 0 radical (unpaired) electrons. The van der Waals surface area contributed by atoms with Gasteiger partial charge in [0.2, 0.25) is 0 Å². The number of halogens is 2. The van der Waals surface area contributed by atoms with Gasteiger partial charge >= 0.3 is 0 Å². The van der Waals surface area contributed by atoms with Crippen molar-refractivity contribution in [1.82, 2.24) is 0 Å². The number of nitrogens with zero attached hydrogens (tertiary/aromatic N) is 4. The number of hydrogen-bond donors (Lipinski definition) is 6. The Kier molecular flexibility index (Phi) is 8.85. The zero-order chi connectivity index (χ0) is 36.1. The van der Waals surface area contributed by atoms with Crippen LogP contribution in [0, 0.1) is 0 Å². The smallest absolute Gasteiger partial charge is 0.297 e. The highest BCUT2D eigenvalue weighted by Crippen LogP contribution is 2.45. The predicted molar refractivity (Wildman–Crippen MR) is 195 cm³/mol. The van der Waals surface area contributed by atoms with Gasteiger partial charge in [0, 0.05) is 21.5 Å². The molecule has 0 aliphatic rings. The number of azo groups is 2. The first-order valence-electron chi connectivity index (χ1n) is 14.1. The van der Waals surface area contributed by atoms with Crippen molar-refractivity contribution in [3.63, 3.8) is 0 Å². The average molecular weight is 752 g/mol. The Balaban J connectivity index is 1.31. The normalized spacial score (nSPS) is 12.5. The van der Waals surface area contributed by atoms with Crippen LogP contribution in [0.5, 0.6) is 0 Å². The van der Waals surface area contributed by atoms with Gasteiger partial charge in [-0.05, 0) is 35.4 Å². The predicted octanol–water partition coefficient (Wildman–Crippen LogP) is 8.62. The molecule has 0 amide bonds. The zero-order valence-electron chi connectivity index (χ0n) is 25.3. The maximum Gasteiger partial charge on any atom is 0.297 e. The van der Waals surface area contributed by atoms with E-state index in [4.69, 9.17) is 46.1 Å². The van der Waals surface area contributed by atoms with Crippen molar-refractivity contribution in [3.05, 3.63) is 95.0 Å². The van der Waals surface area contributed by atoms with E-state index in [1.54, 1.807) is 72.8 Å². The van der Waals surface area contributed by atoms with Crippen molar-refractivity contribution < 1.29 is 25.9 Å². The molecule has 0 atom stereocenters. The number of anilines is 4. The summed E-state index contributed by atoms with van der Waals surface area (Å²) in [7, 11) is -9.49. The number of nitrogen functional groups attached to an aromatic ring is 4. The quantitative estimate of drug-likeness (QED) is 0.0513. The van der Waals surface area contributed by atoms with Crippen LogP contribution in [0.1, 0.15) is 0 Å². The topological polar surface area (TPSA) is 262 Å². The number of benzene rings is 6. The first-order chi connectivity index (χ1) is 23.6. The van der Waals surface area contributed by atoms with E-state index >= 15 is 0 Å². The second kappa shape index (κ2) is 12.8. The summed E-state index contributed by atoms with van der Waals surface area (Å²) in [4.78, 5) is -1.07. The lowest BCUT2D eigenvalue weighted by Crippen LogP contribution is -2.06. The van der Waals surface area contributed by atoms with Gasteiger partial charge in [0.15, 0.2) is 0 Å². The molecule has 0 unspecified atom stereocenters. The summed E-state index contributed by atoms with van der Waals surface area (Å²) in [6.45, 7) is 0. The Hall–Kier alpha value is -5.36. The Morgan fingerprint density at radius 1 is 0.480 bits per heavy atom. The standard InChI is InChI=1S/C32H24Cl2N8O6S2/c33-21-13-15(9-11-23(21)39-41-29-25(35)17-5-1-3-7-19(17)31(27(29)37)49(43,44)45)16-10-12-24(22(34)14-16)40-42-30-26(36)18-6-2-4-8-20(18)32(28(30)38)50(46,47)48/h1-14H,35-38H2,(H,43,44,45)(H,46,47,48)/b41-39+,42-40+. The summed E-state index contributed by atoms with van der Waals surface area (Å²) in [6.07, 6.45) is 0. The summed E-state index contributed by atoms with van der Waals surface area (Å²) < 4.78 is 68.4. The van der Waals surface area contributed by atoms with Crippen LogP contribution in [0.25, 0.3) is 32.7 Å². The van der Waals surface area contributed by atoms with Crippen LogP contribution in [-0.2, 0) is 20.2 Å². The van der Waals surface area contributed by atoms with Gasteiger partial charge in [-0.3, -0.25) is 9.11 Å². The molecule has 6 rings (SSSR count). The van der Waals surface area contributed by atoms with Gasteiger partial charge < -0.3 is 22.9 Å². The lowest BCUT2D eigenvalue weighted by Gasteiger charge is -2.13. The van der Waals surface area contributed by atoms with Crippen molar-refractivity contribution in [2.24, 2.45) is 20.5 Å². The van der Waals surface area contributed by atoms with E-state index in [1.807, 2.05) is 0 Å². The lowest BCUT2D eigenvalue weighted by molar-refractivity contribution is 0.482. The number of rotatable bonds is 7. The molecule has 50 heavy (non-hydrogen) atoms. The van der Waals surface area contributed by atoms with Crippen LogP contribution >= 0.6 is 23.2 Å². The first kappa shape index (κ1) is 34.5. The van der Waals surface area contributed by atoms with E-state index in [0.717, 1.165) is 0 Å². The minimum absolute atomic E-state index is 0.0544. The summed E-state index contributed by atoms with van der Waals surface area (Å²) in [5.74, 6) is 0. The maximum atomic E-state index is 12.2. The molecule has 6 aromatic rings. The van der Waals surface area contributed by atoms with Crippen LogP contribution in [-0.4, -0.2) is 25.9 Å². The van der Waals surface area contributed by atoms with E-state index < -0.39 is 30.0 Å². The molecular formula is C32H24Cl2N8O6S2. The highest BCUT2D eigenvalue weighted by molar-refractivity contribution is 7.86. The molecular weight excluding hydrogens is 727 g/mol. The monoisotopic (exact) mass is 750 g/mol. The molecule has 0 heterocycles. The van der Waals surface area contributed by atoms with E-state index in [-0.39, 0.29) is 66.3 Å². The van der Waals surface area contributed by atoms with E-state index in [1.165, 1.54) is 12.1 Å². The van der Waals surface area contributed by atoms with Crippen LogP contribution in [0.2, 0.25) is 10.0 Å². The summed E-state index contributed by atoms with van der Waals surface area (Å²) in [6, 6.07) is 22.1. The van der Waals surface area contributed by atoms with Gasteiger partial charge in [-0.1, -0.05) is 83.9 Å². The number of fused-ring (bicyclic) bond motifs is 2. The number of nitrogens with two attached hydrogens (primary N) is 4. The Morgan fingerprint density at radius 3 is 1.14 bits per heavy atom. The van der Waals surface area contributed by atoms with Crippen molar-refractivity contribution in [1.29, 1.82) is 0 Å². The molecule has 14 nitrogen and oxygen atoms in total. The van der Waals surface area contributed by atoms with Crippen molar-refractivity contribution in [2.75, 3.05) is 22.9 Å². The Morgan fingerprint density at radius 2 is 0.820 bits per heavy atom. The molecule has 0 aliphatic heterocycles. The van der Waals surface area contributed by atoms with Crippen molar-refractivity contribution in [3.8, 4) is 11.1 Å². The Labute approximate surface area is 294 Å². The van der Waals surface area contributed by atoms with Gasteiger partial charge in [-0.2, -0.15) is 16.8 Å². The van der Waals surface area contributed by atoms with E-state index in [9.17, 15) is 25.9 Å². The zero-order valence-corrected chi connectivity index (χ0v) is 28.4. The van der Waals surface area contributed by atoms with Crippen LogP contribution < -0.4 is 22.9 Å². The van der Waals surface area contributed by atoms with Crippen molar-refractivity contribution >= 4 is 110 Å². The van der Waals surface area contributed by atoms with Gasteiger partial charge in [0.1, 0.15) is 32.5 Å². The summed E-state index contributed by atoms with van der Waals surface area (Å²) in [5, 5.41) is 17.6. The third-order valence-corrected chi connectivity index (χ3v) is 10.2. The average Bonchev–Trinajstić information content (AvgIpc) is 3.04. The fourth-order valence-corrected chi connectivity index (χ4v) is 7.49. The fourth-order valence-electron chi connectivity index (χ4n) is 5.40. The van der Waals surface area contributed by atoms with Crippen LogP contribution in [0.3, 0.4) is 0 Å². The molecule has 0 bridgehead atoms. The molecule has 0 aromatic heterocycles. The molecule has 254 valence electrons. The van der Waals surface area contributed by atoms with Gasteiger partial charge in [0.05, 0.1) is 32.8 Å². The van der Waals surface area contributed by atoms with E-state index in [2.05, 4.69) is 20.5 Å². The van der Waals surface area contributed by atoms with Gasteiger partial charge in [0.25, 0.3) is 20.2 Å². The van der Waals surface area contributed by atoms with Gasteiger partial charge in [-0.25, -0.2) is 0 Å². The van der Waals surface area contributed by atoms with Crippen molar-refractivity contribution in [2.45, 2.75) is 9.79 Å². The molecule has 10 N–H and O–H groups in total. The second-order valence-corrected chi connectivity index (χ2v) is 14.3. The third-order valence-electron chi connectivity index (χ3n) is 7.69. The lowest BCUT2D eigenvalue weighted by atomic mass is 10.0. The second-order valence-electron chi connectivity index (χ2n) is 10.8. The van der Waals surface area contributed by atoms with Crippen LogP contribution in [0.15, 0.2) is 115 Å². The Bertz CT molecular complexity index is 2500. The van der Waals surface area contributed by atoms with Gasteiger partial charge in [-0.15, -0.1) is 20.5 Å². The molecule has 6 aromatic carbocycles. The third kappa shape index (κ3) is 6.26. The largest absolute Gasteiger partial charge is 0.396 e. The van der Waals surface area contributed by atoms with E-state index in [0.29, 0.717) is 21.9 Å². The molecule has 18 heteroatoms. The van der Waals surface area contributed by atoms with Crippen LogP contribution in [0.4, 0.5) is 45.5 Å². The molecule has 0 saturated carbocycles. The molecule has 0 saturated heterocycles. The highest BCUT2D eigenvalue weighted by Gasteiger charge is 2.25. The first-order valence-corrected chi connectivity index (χ1v) is 17.8. The summed E-state index contributed by atoms with van der Waals surface area (Å²) in [5.41, 5.74) is 25.4. The molecule has 0 aliphatic carbocycles. The minimum Gasteiger partial charge on any atom is -0.396 e.